The Morgan fingerprint density at radius 2 is 1.71 bits per heavy atom. The van der Waals surface area contributed by atoms with E-state index in [-0.39, 0.29) is 11.7 Å². The smallest absolute Gasteiger partial charge is 0.414 e. The van der Waals surface area contributed by atoms with E-state index in [2.05, 4.69) is 11.4 Å². The minimum absolute atomic E-state index is 0.174. The van der Waals surface area contributed by atoms with Crippen molar-refractivity contribution in [3.8, 4) is 0 Å². The molecule has 0 aromatic heterocycles. The van der Waals surface area contributed by atoms with Crippen molar-refractivity contribution < 1.29 is 29.4 Å². The van der Waals surface area contributed by atoms with Crippen LogP contribution in [0.15, 0.2) is 36.4 Å². The number of carbonyl (C=O) groups is 4. The van der Waals surface area contributed by atoms with E-state index in [1.165, 1.54) is 5.56 Å². The molecule has 186 valence electrons. The van der Waals surface area contributed by atoms with Crippen molar-refractivity contribution in [2.45, 2.75) is 44.9 Å². The minimum atomic E-state index is -1.82. The lowest BCUT2D eigenvalue weighted by atomic mass is 9.94. The fourth-order valence-electron chi connectivity index (χ4n) is 4.37. The summed E-state index contributed by atoms with van der Waals surface area (Å²) in [6.45, 7) is 2.60. The SMILES string of the molecule is O=C(CCCCNCCc1ccccc1Cl)c1cc2c3c(c1)CC(=O)N3CCC2.O=C(O)C(=O)O. The number of halogens is 1. The molecule has 2 aromatic rings. The second-order valence-corrected chi connectivity index (χ2v) is 8.96. The predicted molar refractivity (Wildman–Crippen MR) is 132 cm³/mol. The van der Waals surface area contributed by atoms with Crippen molar-refractivity contribution >= 4 is 40.9 Å². The molecule has 2 aromatic carbocycles. The number of anilines is 1. The van der Waals surface area contributed by atoms with Gasteiger partial charge in [-0.1, -0.05) is 29.8 Å². The Morgan fingerprint density at radius 1 is 1.00 bits per heavy atom. The average molecular weight is 501 g/mol. The van der Waals surface area contributed by atoms with Gasteiger partial charge in [-0.2, -0.15) is 0 Å². The fourth-order valence-corrected chi connectivity index (χ4v) is 4.60. The van der Waals surface area contributed by atoms with Gasteiger partial charge in [0.2, 0.25) is 5.91 Å². The summed E-state index contributed by atoms with van der Waals surface area (Å²) in [5, 5.41) is 19.0. The van der Waals surface area contributed by atoms with Crippen LogP contribution in [0.2, 0.25) is 5.02 Å². The molecule has 35 heavy (non-hydrogen) atoms. The van der Waals surface area contributed by atoms with Crippen molar-refractivity contribution in [2.75, 3.05) is 24.5 Å². The molecule has 0 aliphatic carbocycles. The molecule has 0 spiro atoms. The van der Waals surface area contributed by atoms with E-state index in [1.54, 1.807) is 0 Å². The van der Waals surface area contributed by atoms with E-state index in [4.69, 9.17) is 31.4 Å². The molecule has 2 aliphatic heterocycles. The summed E-state index contributed by atoms with van der Waals surface area (Å²) in [6.07, 6.45) is 5.69. The standard InChI is InChI=1S/C24H27ClN2O2.C2H2O4/c25-21-8-2-1-6-17(21)10-12-26-11-4-3-9-22(28)19-14-18-7-5-13-27-23(29)16-20(15-19)24(18)27;3-1(4)2(5)6/h1-2,6,8,14-15,26H,3-5,7,9-13,16H2;(H,3,4)(H,5,6). The Kier molecular flexibility index (Phi) is 9.39. The number of unbranched alkanes of at least 4 members (excludes halogenated alkanes) is 1. The normalized spacial score (nSPS) is 13.6. The molecule has 9 heteroatoms. The summed E-state index contributed by atoms with van der Waals surface area (Å²) >= 11 is 6.17. The molecule has 0 saturated carbocycles. The van der Waals surface area contributed by atoms with E-state index in [0.29, 0.717) is 12.8 Å². The average Bonchev–Trinajstić information content (AvgIpc) is 3.16. The van der Waals surface area contributed by atoms with E-state index in [0.717, 1.165) is 79.1 Å². The van der Waals surface area contributed by atoms with Crippen LogP contribution in [-0.4, -0.2) is 53.5 Å². The number of aryl methyl sites for hydroxylation is 1. The second-order valence-electron chi connectivity index (χ2n) is 8.55. The van der Waals surface area contributed by atoms with Gasteiger partial charge in [0.1, 0.15) is 0 Å². The van der Waals surface area contributed by atoms with Crippen LogP contribution in [-0.2, 0) is 33.6 Å². The van der Waals surface area contributed by atoms with Crippen molar-refractivity contribution in [3.63, 3.8) is 0 Å². The van der Waals surface area contributed by atoms with Gasteiger partial charge < -0.3 is 20.4 Å². The molecular formula is C26H29ClN2O6. The molecule has 1 amide bonds. The molecule has 3 N–H and O–H groups in total. The number of rotatable bonds is 9. The van der Waals surface area contributed by atoms with Gasteiger partial charge in [-0.25, -0.2) is 9.59 Å². The molecular weight excluding hydrogens is 472 g/mol. The van der Waals surface area contributed by atoms with Crippen LogP contribution in [0.3, 0.4) is 0 Å². The first-order valence-electron chi connectivity index (χ1n) is 11.7. The number of benzene rings is 2. The Bertz CT molecular complexity index is 1110. The van der Waals surface area contributed by atoms with Crippen LogP contribution in [0, 0.1) is 0 Å². The summed E-state index contributed by atoms with van der Waals surface area (Å²) in [6, 6.07) is 11.9. The summed E-state index contributed by atoms with van der Waals surface area (Å²) in [5.74, 6) is -3.28. The van der Waals surface area contributed by atoms with E-state index < -0.39 is 11.9 Å². The Morgan fingerprint density at radius 3 is 2.43 bits per heavy atom. The molecule has 0 bridgehead atoms. The highest BCUT2D eigenvalue weighted by atomic mass is 35.5. The summed E-state index contributed by atoms with van der Waals surface area (Å²) in [4.78, 5) is 44.9. The maximum absolute atomic E-state index is 12.7. The van der Waals surface area contributed by atoms with Crippen LogP contribution in [0.25, 0.3) is 0 Å². The topological polar surface area (TPSA) is 124 Å². The number of carboxylic acids is 2. The first-order chi connectivity index (χ1) is 16.8. The first-order valence-corrected chi connectivity index (χ1v) is 12.1. The molecule has 0 fully saturated rings. The first kappa shape index (κ1) is 26.4. The Hall–Kier alpha value is -3.23. The van der Waals surface area contributed by atoms with Gasteiger partial charge in [0, 0.05) is 23.6 Å². The molecule has 2 aliphatic rings. The van der Waals surface area contributed by atoms with Gasteiger partial charge in [0.05, 0.1) is 12.1 Å². The van der Waals surface area contributed by atoms with E-state index >= 15 is 0 Å². The molecule has 0 saturated heterocycles. The molecule has 2 heterocycles. The number of nitrogens with one attached hydrogen (secondary N) is 1. The van der Waals surface area contributed by atoms with Gasteiger partial charge >= 0.3 is 11.9 Å². The second kappa shape index (κ2) is 12.5. The number of hydrogen-bond acceptors (Lipinski definition) is 5. The summed E-state index contributed by atoms with van der Waals surface area (Å²) in [7, 11) is 0. The van der Waals surface area contributed by atoms with Gasteiger partial charge in [-0.3, -0.25) is 9.59 Å². The largest absolute Gasteiger partial charge is 0.473 e. The highest BCUT2D eigenvalue weighted by Crippen LogP contribution is 2.37. The number of Topliss-reactive ketones (excluding diaryl/α,β-unsaturated/α-hetero) is 1. The third-order valence-electron chi connectivity index (χ3n) is 6.05. The highest BCUT2D eigenvalue weighted by Gasteiger charge is 2.32. The van der Waals surface area contributed by atoms with Crippen molar-refractivity contribution in [1.29, 1.82) is 0 Å². The number of aliphatic carboxylic acids is 2. The number of amides is 1. The van der Waals surface area contributed by atoms with Crippen molar-refractivity contribution in [3.05, 3.63) is 63.7 Å². The molecule has 0 radical (unpaired) electrons. The monoisotopic (exact) mass is 500 g/mol. The lowest BCUT2D eigenvalue weighted by Crippen LogP contribution is -2.31. The third kappa shape index (κ3) is 7.13. The van der Waals surface area contributed by atoms with Gasteiger partial charge in [0.25, 0.3) is 0 Å². The van der Waals surface area contributed by atoms with Crippen LogP contribution in [0.1, 0.15) is 52.7 Å². The number of nitrogens with zero attached hydrogens (tertiary/aromatic N) is 1. The van der Waals surface area contributed by atoms with Crippen LogP contribution >= 0.6 is 11.6 Å². The maximum atomic E-state index is 12.7. The van der Waals surface area contributed by atoms with Gasteiger partial charge in [-0.05, 0) is 80.1 Å². The maximum Gasteiger partial charge on any atom is 0.414 e. The zero-order valence-electron chi connectivity index (χ0n) is 19.4. The van der Waals surface area contributed by atoms with Crippen LogP contribution in [0.5, 0.6) is 0 Å². The van der Waals surface area contributed by atoms with Crippen LogP contribution < -0.4 is 10.2 Å². The number of carboxylic acid groups (broad SMARTS) is 2. The minimum Gasteiger partial charge on any atom is -0.473 e. The number of carbonyl (C=O) groups excluding carboxylic acids is 2. The number of ketones is 1. The highest BCUT2D eigenvalue weighted by molar-refractivity contribution is 6.31. The lowest BCUT2D eigenvalue weighted by Gasteiger charge is -2.25. The van der Waals surface area contributed by atoms with Crippen LogP contribution in [0.4, 0.5) is 5.69 Å². The zero-order chi connectivity index (χ0) is 25.4. The van der Waals surface area contributed by atoms with Gasteiger partial charge in [-0.15, -0.1) is 0 Å². The summed E-state index contributed by atoms with van der Waals surface area (Å²) in [5.41, 5.74) is 5.23. The fraction of sp³-hybridized carbons (Fsp3) is 0.385. The zero-order valence-corrected chi connectivity index (χ0v) is 20.1. The van der Waals surface area contributed by atoms with E-state index in [9.17, 15) is 9.59 Å². The Balaban J connectivity index is 0.000000509. The number of hydrogen-bond donors (Lipinski definition) is 3. The Labute approximate surface area is 208 Å². The third-order valence-corrected chi connectivity index (χ3v) is 6.42. The van der Waals surface area contributed by atoms with Gasteiger partial charge in [0.15, 0.2) is 5.78 Å². The quantitative estimate of drug-likeness (QED) is 0.273. The van der Waals surface area contributed by atoms with E-state index in [1.807, 2.05) is 35.2 Å². The molecule has 4 rings (SSSR count). The lowest BCUT2D eigenvalue weighted by molar-refractivity contribution is -0.159. The van der Waals surface area contributed by atoms with Crippen molar-refractivity contribution in [1.82, 2.24) is 5.32 Å². The van der Waals surface area contributed by atoms with Crippen molar-refractivity contribution in [2.24, 2.45) is 0 Å². The summed E-state index contributed by atoms with van der Waals surface area (Å²) < 4.78 is 0. The molecule has 0 atom stereocenters. The molecule has 0 unspecified atom stereocenters. The molecule has 8 nitrogen and oxygen atoms in total. The predicted octanol–water partition coefficient (Wildman–Crippen LogP) is 3.52.